The van der Waals surface area contributed by atoms with Gasteiger partial charge in [-0.2, -0.15) is 0 Å². The summed E-state index contributed by atoms with van der Waals surface area (Å²) in [5.74, 6) is -0.361. The Labute approximate surface area is 109 Å². The number of esters is 1. The predicted molar refractivity (Wildman–Crippen MR) is 70.0 cm³/mol. The lowest BCUT2D eigenvalue weighted by Gasteiger charge is -2.33. The van der Waals surface area contributed by atoms with Crippen molar-refractivity contribution in [3.05, 3.63) is 11.6 Å². The van der Waals surface area contributed by atoms with Crippen molar-refractivity contribution < 1.29 is 14.3 Å². The predicted octanol–water partition coefficient (Wildman–Crippen LogP) is 2.29. The van der Waals surface area contributed by atoms with E-state index in [1.54, 1.807) is 11.0 Å². The van der Waals surface area contributed by atoms with Crippen molar-refractivity contribution in [3.8, 4) is 0 Å². The van der Waals surface area contributed by atoms with Gasteiger partial charge in [-0.25, -0.2) is 4.79 Å². The minimum Gasteiger partial charge on any atom is -0.467 e. The zero-order valence-electron chi connectivity index (χ0n) is 11.6. The zero-order chi connectivity index (χ0) is 13.5. The third kappa shape index (κ3) is 3.86. The topological polar surface area (TPSA) is 46.6 Å². The number of likely N-dealkylation sites (tertiary alicyclic amines) is 1. The first-order chi connectivity index (χ1) is 8.60. The van der Waals surface area contributed by atoms with Crippen molar-refractivity contribution in [2.24, 2.45) is 0 Å². The highest BCUT2D eigenvalue weighted by molar-refractivity contribution is 5.92. The first-order valence-electron chi connectivity index (χ1n) is 6.65. The van der Waals surface area contributed by atoms with Crippen molar-refractivity contribution in [2.75, 3.05) is 13.7 Å². The summed E-state index contributed by atoms with van der Waals surface area (Å²) < 4.78 is 4.77. The van der Waals surface area contributed by atoms with Crippen molar-refractivity contribution >= 4 is 11.9 Å². The second-order valence-electron chi connectivity index (χ2n) is 4.81. The van der Waals surface area contributed by atoms with Gasteiger partial charge in [0.25, 0.3) is 0 Å². The van der Waals surface area contributed by atoms with E-state index >= 15 is 0 Å². The minimum atomic E-state index is -0.401. The third-order valence-electron chi connectivity index (χ3n) is 3.27. The van der Waals surface area contributed by atoms with Gasteiger partial charge in [-0.15, -0.1) is 0 Å². The SMILES string of the molecule is CCCC(C)=CC(=O)N1CCCCC1C(=O)OC. The van der Waals surface area contributed by atoms with Crippen LogP contribution in [0.2, 0.25) is 0 Å². The maximum atomic E-state index is 12.2. The van der Waals surface area contributed by atoms with Crippen LogP contribution in [0.1, 0.15) is 46.0 Å². The van der Waals surface area contributed by atoms with E-state index in [4.69, 9.17) is 4.74 Å². The highest BCUT2D eigenvalue weighted by Crippen LogP contribution is 2.19. The van der Waals surface area contributed by atoms with Gasteiger partial charge in [0.05, 0.1) is 7.11 Å². The summed E-state index contributed by atoms with van der Waals surface area (Å²) in [5.41, 5.74) is 1.07. The van der Waals surface area contributed by atoms with Gasteiger partial charge < -0.3 is 9.64 Å². The first-order valence-corrected chi connectivity index (χ1v) is 6.65. The molecule has 4 heteroatoms. The van der Waals surface area contributed by atoms with Crippen molar-refractivity contribution in [3.63, 3.8) is 0 Å². The van der Waals surface area contributed by atoms with E-state index < -0.39 is 6.04 Å². The van der Waals surface area contributed by atoms with E-state index in [0.717, 1.165) is 31.3 Å². The lowest BCUT2D eigenvalue weighted by Crippen LogP contribution is -2.47. The van der Waals surface area contributed by atoms with E-state index in [2.05, 4.69) is 6.92 Å². The van der Waals surface area contributed by atoms with E-state index in [-0.39, 0.29) is 11.9 Å². The van der Waals surface area contributed by atoms with Crippen molar-refractivity contribution in [2.45, 2.75) is 52.0 Å². The molecule has 1 unspecified atom stereocenters. The molecular formula is C14H23NO3. The molecule has 0 bridgehead atoms. The molecule has 1 rings (SSSR count). The Hall–Kier alpha value is -1.32. The molecule has 102 valence electrons. The van der Waals surface area contributed by atoms with Crippen LogP contribution in [0, 0.1) is 0 Å². The molecule has 0 N–H and O–H groups in total. The average molecular weight is 253 g/mol. The fourth-order valence-corrected chi connectivity index (χ4v) is 2.34. The van der Waals surface area contributed by atoms with Crippen LogP contribution in [0.25, 0.3) is 0 Å². The summed E-state index contributed by atoms with van der Waals surface area (Å²) in [4.78, 5) is 25.5. The lowest BCUT2D eigenvalue weighted by atomic mass is 10.0. The lowest BCUT2D eigenvalue weighted by molar-refractivity contribution is -0.153. The Bertz CT molecular complexity index is 336. The third-order valence-corrected chi connectivity index (χ3v) is 3.27. The second-order valence-corrected chi connectivity index (χ2v) is 4.81. The first kappa shape index (κ1) is 14.7. The Morgan fingerprint density at radius 2 is 2.11 bits per heavy atom. The molecule has 1 atom stereocenters. The van der Waals surface area contributed by atoms with E-state index in [9.17, 15) is 9.59 Å². The summed E-state index contributed by atoms with van der Waals surface area (Å²) in [6, 6.07) is -0.401. The number of carbonyl (C=O) groups is 2. The van der Waals surface area contributed by atoms with E-state index in [1.807, 2.05) is 6.92 Å². The molecule has 1 aliphatic rings. The maximum Gasteiger partial charge on any atom is 0.328 e. The van der Waals surface area contributed by atoms with Gasteiger partial charge in [-0.3, -0.25) is 4.79 Å². The van der Waals surface area contributed by atoms with Crippen molar-refractivity contribution in [1.82, 2.24) is 4.90 Å². The van der Waals surface area contributed by atoms with Gasteiger partial charge in [0.15, 0.2) is 0 Å². The van der Waals surface area contributed by atoms with Crippen LogP contribution in [0.15, 0.2) is 11.6 Å². The number of carbonyl (C=O) groups excluding carboxylic acids is 2. The molecular weight excluding hydrogens is 230 g/mol. The molecule has 1 saturated heterocycles. The van der Waals surface area contributed by atoms with E-state index in [1.165, 1.54) is 7.11 Å². The second kappa shape index (κ2) is 7.19. The van der Waals surface area contributed by atoms with Crippen LogP contribution < -0.4 is 0 Å². The summed E-state index contributed by atoms with van der Waals surface area (Å²) in [6.45, 7) is 4.69. The molecule has 0 radical (unpaired) electrons. The van der Waals surface area contributed by atoms with Gasteiger partial charge in [0, 0.05) is 12.6 Å². The van der Waals surface area contributed by atoms with Crippen LogP contribution in [0.3, 0.4) is 0 Å². The molecule has 1 fully saturated rings. The molecule has 0 aliphatic carbocycles. The minimum absolute atomic E-state index is 0.0592. The summed E-state index contributed by atoms with van der Waals surface area (Å²) >= 11 is 0. The number of nitrogens with zero attached hydrogens (tertiary/aromatic N) is 1. The Morgan fingerprint density at radius 1 is 1.39 bits per heavy atom. The number of methoxy groups -OCH3 is 1. The number of rotatable bonds is 4. The maximum absolute atomic E-state index is 12.2. The zero-order valence-corrected chi connectivity index (χ0v) is 11.6. The normalized spacial score (nSPS) is 20.7. The molecule has 1 heterocycles. The van der Waals surface area contributed by atoms with Crippen LogP contribution in [-0.2, 0) is 14.3 Å². The number of ether oxygens (including phenoxy) is 1. The fraction of sp³-hybridized carbons (Fsp3) is 0.714. The standard InChI is InChI=1S/C14H23NO3/c1-4-7-11(2)10-13(16)15-9-6-5-8-12(15)14(17)18-3/h10,12H,4-9H2,1-3H3. The number of piperidine rings is 1. The Kier molecular flexibility index (Phi) is 5.89. The van der Waals surface area contributed by atoms with Gasteiger partial charge in [0.2, 0.25) is 5.91 Å². The quantitative estimate of drug-likeness (QED) is 0.570. The molecule has 1 amide bonds. The number of hydrogen-bond donors (Lipinski definition) is 0. The molecule has 4 nitrogen and oxygen atoms in total. The monoisotopic (exact) mass is 253 g/mol. The van der Waals surface area contributed by atoms with Crippen LogP contribution >= 0.6 is 0 Å². The van der Waals surface area contributed by atoms with Gasteiger partial charge in [0.1, 0.15) is 6.04 Å². The van der Waals surface area contributed by atoms with Crippen molar-refractivity contribution in [1.29, 1.82) is 0 Å². The molecule has 0 saturated carbocycles. The smallest absolute Gasteiger partial charge is 0.328 e. The summed E-state index contributed by atoms with van der Waals surface area (Å²) in [7, 11) is 1.37. The van der Waals surface area contributed by atoms with E-state index in [0.29, 0.717) is 13.0 Å². The summed E-state index contributed by atoms with van der Waals surface area (Å²) in [6.07, 6.45) is 6.24. The molecule has 1 aliphatic heterocycles. The summed E-state index contributed by atoms with van der Waals surface area (Å²) in [5, 5.41) is 0. The number of amides is 1. The highest BCUT2D eigenvalue weighted by atomic mass is 16.5. The Balaban J connectivity index is 2.74. The van der Waals surface area contributed by atoms with Crippen LogP contribution in [0.5, 0.6) is 0 Å². The van der Waals surface area contributed by atoms with Gasteiger partial charge >= 0.3 is 5.97 Å². The molecule has 18 heavy (non-hydrogen) atoms. The number of hydrogen-bond acceptors (Lipinski definition) is 3. The number of allylic oxidation sites excluding steroid dienone is 1. The van der Waals surface area contributed by atoms with Gasteiger partial charge in [-0.05, 0) is 32.6 Å². The average Bonchev–Trinajstić information content (AvgIpc) is 2.38. The molecule has 0 aromatic rings. The molecule has 0 aromatic carbocycles. The largest absolute Gasteiger partial charge is 0.467 e. The Morgan fingerprint density at radius 3 is 2.72 bits per heavy atom. The van der Waals surface area contributed by atoms with Crippen LogP contribution in [-0.4, -0.2) is 36.5 Å². The molecule has 0 aromatic heterocycles. The fourth-order valence-electron chi connectivity index (χ4n) is 2.34. The van der Waals surface area contributed by atoms with Crippen LogP contribution in [0.4, 0.5) is 0 Å². The van der Waals surface area contributed by atoms with Gasteiger partial charge in [-0.1, -0.05) is 18.9 Å². The highest BCUT2D eigenvalue weighted by Gasteiger charge is 2.31. The molecule has 0 spiro atoms.